The molecule has 0 spiro atoms. The Labute approximate surface area is 119 Å². The molecule has 19 heavy (non-hydrogen) atoms. The molecule has 5 heteroatoms. The van der Waals surface area contributed by atoms with Crippen LogP contribution in [-0.4, -0.2) is 35.5 Å². The predicted molar refractivity (Wildman–Crippen MR) is 77.4 cm³/mol. The van der Waals surface area contributed by atoms with Crippen LogP contribution in [0, 0.1) is 0 Å². The summed E-state index contributed by atoms with van der Waals surface area (Å²) in [5.41, 5.74) is 0.739. The van der Waals surface area contributed by atoms with Gasteiger partial charge in [-0.3, -0.25) is 4.79 Å². The highest BCUT2D eigenvalue weighted by molar-refractivity contribution is 6.30. The Morgan fingerprint density at radius 1 is 1.37 bits per heavy atom. The molecule has 0 atom stereocenters. The van der Waals surface area contributed by atoms with E-state index in [-0.39, 0.29) is 11.7 Å². The van der Waals surface area contributed by atoms with E-state index in [1.807, 2.05) is 13.8 Å². The molecule has 0 saturated carbocycles. The van der Waals surface area contributed by atoms with Gasteiger partial charge in [0.2, 0.25) is 5.91 Å². The molecule has 1 amide bonds. The predicted octanol–water partition coefficient (Wildman–Crippen LogP) is 2.39. The molecule has 0 bridgehead atoms. The van der Waals surface area contributed by atoms with E-state index in [1.165, 1.54) is 0 Å². The second-order valence-electron chi connectivity index (χ2n) is 4.27. The summed E-state index contributed by atoms with van der Waals surface area (Å²) < 4.78 is 0. The number of amides is 1. The summed E-state index contributed by atoms with van der Waals surface area (Å²) in [6.45, 7) is 6.51. The zero-order chi connectivity index (χ0) is 14.3. The molecule has 1 aromatic carbocycles. The van der Waals surface area contributed by atoms with Crippen molar-refractivity contribution in [1.29, 1.82) is 0 Å². The van der Waals surface area contributed by atoms with Gasteiger partial charge in [-0.1, -0.05) is 11.6 Å². The summed E-state index contributed by atoms with van der Waals surface area (Å²) in [4.78, 5) is 13.6. The van der Waals surface area contributed by atoms with Gasteiger partial charge in [-0.15, -0.1) is 0 Å². The number of rotatable bonds is 7. The lowest BCUT2D eigenvalue weighted by Crippen LogP contribution is -2.32. The zero-order valence-corrected chi connectivity index (χ0v) is 12.2. The van der Waals surface area contributed by atoms with Gasteiger partial charge in [0.1, 0.15) is 5.75 Å². The number of nitrogens with one attached hydrogen (secondary N) is 1. The van der Waals surface area contributed by atoms with E-state index in [9.17, 15) is 9.90 Å². The number of carbonyl (C=O) groups is 1. The third-order valence-corrected chi connectivity index (χ3v) is 3.22. The number of hydrogen-bond donors (Lipinski definition) is 2. The standard InChI is InChI=1S/C14H21ClN2O2/c1-3-17(4-2)14(19)7-8-16-10-11-9-12(15)5-6-13(11)18/h5-6,9,16,18H,3-4,7-8,10H2,1-2H3. The Hall–Kier alpha value is -1.26. The molecule has 0 aliphatic rings. The van der Waals surface area contributed by atoms with E-state index in [2.05, 4.69) is 5.32 Å². The Bertz CT molecular complexity index is 420. The molecule has 106 valence electrons. The topological polar surface area (TPSA) is 52.6 Å². The minimum atomic E-state index is 0.146. The second kappa shape index (κ2) is 8.02. The highest BCUT2D eigenvalue weighted by Gasteiger charge is 2.08. The van der Waals surface area contributed by atoms with Crippen LogP contribution in [0.25, 0.3) is 0 Å². The van der Waals surface area contributed by atoms with Crippen LogP contribution in [-0.2, 0) is 11.3 Å². The summed E-state index contributed by atoms with van der Waals surface area (Å²) in [7, 11) is 0. The first-order chi connectivity index (χ1) is 9.08. The monoisotopic (exact) mass is 284 g/mol. The fourth-order valence-corrected chi connectivity index (χ4v) is 2.04. The van der Waals surface area contributed by atoms with Crippen molar-refractivity contribution in [1.82, 2.24) is 10.2 Å². The van der Waals surface area contributed by atoms with Crippen LogP contribution in [0.1, 0.15) is 25.8 Å². The Morgan fingerprint density at radius 3 is 2.68 bits per heavy atom. The number of aromatic hydroxyl groups is 1. The molecule has 0 aliphatic carbocycles. The minimum Gasteiger partial charge on any atom is -0.508 e. The normalized spacial score (nSPS) is 10.5. The van der Waals surface area contributed by atoms with Crippen molar-refractivity contribution in [3.8, 4) is 5.75 Å². The molecule has 0 aromatic heterocycles. The SMILES string of the molecule is CCN(CC)C(=O)CCNCc1cc(Cl)ccc1O. The van der Waals surface area contributed by atoms with E-state index < -0.39 is 0 Å². The van der Waals surface area contributed by atoms with Crippen molar-refractivity contribution >= 4 is 17.5 Å². The second-order valence-corrected chi connectivity index (χ2v) is 4.70. The van der Waals surface area contributed by atoms with Gasteiger partial charge >= 0.3 is 0 Å². The first-order valence-electron chi connectivity index (χ1n) is 6.54. The van der Waals surface area contributed by atoms with Gasteiger partial charge < -0.3 is 15.3 Å². The first-order valence-corrected chi connectivity index (χ1v) is 6.92. The molecule has 0 radical (unpaired) electrons. The minimum absolute atomic E-state index is 0.146. The fraction of sp³-hybridized carbons (Fsp3) is 0.500. The van der Waals surface area contributed by atoms with Crippen molar-refractivity contribution in [2.75, 3.05) is 19.6 Å². The Kier molecular flexibility index (Phi) is 6.67. The first kappa shape index (κ1) is 15.8. The molecule has 0 unspecified atom stereocenters. The molecular formula is C14H21ClN2O2. The van der Waals surface area contributed by atoms with Gasteiger partial charge in [0, 0.05) is 43.2 Å². The van der Waals surface area contributed by atoms with Crippen LogP contribution >= 0.6 is 11.6 Å². The quantitative estimate of drug-likeness (QED) is 0.756. The summed E-state index contributed by atoms with van der Waals surface area (Å²) in [5.74, 6) is 0.361. The highest BCUT2D eigenvalue weighted by Crippen LogP contribution is 2.20. The highest BCUT2D eigenvalue weighted by atomic mass is 35.5. The third-order valence-electron chi connectivity index (χ3n) is 2.99. The van der Waals surface area contributed by atoms with E-state index >= 15 is 0 Å². The molecular weight excluding hydrogens is 264 g/mol. The largest absolute Gasteiger partial charge is 0.508 e. The molecule has 1 rings (SSSR count). The molecule has 0 fully saturated rings. The van der Waals surface area contributed by atoms with Crippen molar-refractivity contribution in [3.63, 3.8) is 0 Å². The lowest BCUT2D eigenvalue weighted by molar-refractivity contribution is -0.130. The maximum Gasteiger partial charge on any atom is 0.223 e. The average molecular weight is 285 g/mol. The van der Waals surface area contributed by atoms with E-state index in [4.69, 9.17) is 11.6 Å². The lowest BCUT2D eigenvalue weighted by atomic mass is 10.2. The Morgan fingerprint density at radius 2 is 2.05 bits per heavy atom. The van der Waals surface area contributed by atoms with Crippen LogP contribution < -0.4 is 5.32 Å². The van der Waals surface area contributed by atoms with Gasteiger partial charge in [0.25, 0.3) is 0 Å². The van der Waals surface area contributed by atoms with Crippen LogP contribution in [0.2, 0.25) is 5.02 Å². The third kappa shape index (κ3) is 5.09. The van der Waals surface area contributed by atoms with Crippen molar-refractivity contribution in [3.05, 3.63) is 28.8 Å². The molecule has 0 aliphatic heterocycles. The number of halogens is 1. The van der Waals surface area contributed by atoms with Gasteiger partial charge in [-0.25, -0.2) is 0 Å². The van der Waals surface area contributed by atoms with Crippen molar-refractivity contribution < 1.29 is 9.90 Å². The zero-order valence-electron chi connectivity index (χ0n) is 11.4. The van der Waals surface area contributed by atoms with Gasteiger partial charge in [-0.05, 0) is 32.0 Å². The Balaban J connectivity index is 2.35. The number of benzene rings is 1. The number of phenolic OH excluding ortho intramolecular Hbond substituents is 1. The van der Waals surface area contributed by atoms with Gasteiger partial charge in [0.15, 0.2) is 0 Å². The van der Waals surface area contributed by atoms with Gasteiger partial charge in [0.05, 0.1) is 0 Å². The van der Waals surface area contributed by atoms with Crippen LogP contribution in [0.3, 0.4) is 0 Å². The van der Waals surface area contributed by atoms with Crippen LogP contribution in [0.15, 0.2) is 18.2 Å². The summed E-state index contributed by atoms with van der Waals surface area (Å²) >= 11 is 5.86. The summed E-state index contributed by atoms with van der Waals surface area (Å²) in [6.07, 6.45) is 0.461. The number of nitrogens with zero attached hydrogens (tertiary/aromatic N) is 1. The molecule has 2 N–H and O–H groups in total. The van der Waals surface area contributed by atoms with Crippen LogP contribution in [0.4, 0.5) is 0 Å². The maximum atomic E-state index is 11.8. The smallest absolute Gasteiger partial charge is 0.223 e. The maximum absolute atomic E-state index is 11.8. The van der Waals surface area contributed by atoms with E-state index in [0.717, 1.165) is 18.7 Å². The van der Waals surface area contributed by atoms with Gasteiger partial charge in [-0.2, -0.15) is 0 Å². The fourth-order valence-electron chi connectivity index (χ4n) is 1.85. The van der Waals surface area contributed by atoms with Crippen molar-refractivity contribution in [2.45, 2.75) is 26.8 Å². The lowest BCUT2D eigenvalue weighted by Gasteiger charge is -2.18. The molecule has 0 saturated heterocycles. The van der Waals surface area contributed by atoms with Crippen LogP contribution in [0.5, 0.6) is 5.75 Å². The molecule has 1 aromatic rings. The number of carbonyl (C=O) groups excluding carboxylic acids is 1. The summed E-state index contributed by atoms with van der Waals surface area (Å²) in [5, 5.41) is 13.4. The van der Waals surface area contributed by atoms with E-state index in [0.29, 0.717) is 24.5 Å². The number of hydrogen-bond acceptors (Lipinski definition) is 3. The summed E-state index contributed by atoms with van der Waals surface area (Å²) in [6, 6.07) is 4.93. The molecule has 0 heterocycles. The number of phenols is 1. The average Bonchev–Trinajstić information content (AvgIpc) is 2.40. The van der Waals surface area contributed by atoms with Crippen molar-refractivity contribution in [2.24, 2.45) is 0 Å². The van der Waals surface area contributed by atoms with E-state index in [1.54, 1.807) is 23.1 Å². The molecule has 4 nitrogen and oxygen atoms in total.